The standard InChI is InChI=1S/C13H17NO2/c1-10-9-11-5-2-3-6-12(11)14(10)8-4-7-13(15)16/h2-3,5-6,10H,4,7-9H2,1H3,(H,15,16). The molecule has 1 aliphatic heterocycles. The Morgan fingerprint density at radius 1 is 1.50 bits per heavy atom. The maximum atomic E-state index is 10.5. The highest BCUT2D eigenvalue weighted by molar-refractivity contribution is 5.67. The Morgan fingerprint density at radius 3 is 3.00 bits per heavy atom. The smallest absolute Gasteiger partial charge is 0.303 e. The predicted octanol–water partition coefficient (Wildman–Crippen LogP) is 2.30. The van der Waals surface area contributed by atoms with Crippen LogP contribution in [0.15, 0.2) is 24.3 Å². The summed E-state index contributed by atoms with van der Waals surface area (Å²) in [6.45, 7) is 3.03. The van der Waals surface area contributed by atoms with Crippen LogP contribution in [0.3, 0.4) is 0 Å². The van der Waals surface area contributed by atoms with Crippen LogP contribution in [0.1, 0.15) is 25.3 Å². The van der Waals surface area contributed by atoms with E-state index in [9.17, 15) is 4.79 Å². The molecule has 1 unspecified atom stereocenters. The van der Waals surface area contributed by atoms with Crippen LogP contribution in [0.2, 0.25) is 0 Å². The lowest BCUT2D eigenvalue weighted by Crippen LogP contribution is -2.30. The average Bonchev–Trinajstić information content (AvgIpc) is 2.55. The van der Waals surface area contributed by atoms with E-state index in [4.69, 9.17) is 5.11 Å². The molecule has 3 nitrogen and oxygen atoms in total. The highest BCUT2D eigenvalue weighted by Crippen LogP contribution is 2.31. The Kier molecular flexibility index (Phi) is 3.13. The largest absolute Gasteiger partial charge is 0.481 e. The van der Waals surface area contributed by atoms with Crippen molar-refractivity contribution in [2.24, 2.45) is 0 Å². The molecule has 86 valence electrons. The van der Waals surface area contributed by atoms with Gasteiger partial charge in [0.1, 0.15) is 0 Å². The van der Waals surface area contributed by atoms with Gasteiger partial charge in [-0.1, -0.05) is 18.2 Å². The summed E-state index contributed by atoms with van der Waals surface area (Å²) in [6, 6.07) is 8.88. The number of aliphatic carboxylic acids is 1. The average molecular weight is 219 g/mol. The molecule has 1 aliphatic rings. The minimum atomic E-state index is -0.708. The van der Waals surface area contributed by atoms with Gasteiger partial charge in [-0.25, -0.2) is 0 Å². The monoisotopic (exact) mass is 219 g/mol. The third-order valence-corrected chi connectivity index (χ3v) is 3.14. The topological polar surface area (TPSA) is 40.5 Å². The van der Waals surface area contributed by atoms with E-state index in [1.54, 1.807) is 0 Å². The molecule has 2 rings (SSSR count). The van der Waals surface area contributed by atoms with E-state index in [-0.39, 0.29) is 6.42 Å². The Morgan fingerprint density at radius 2 is 2.25 bits per heavy atom. The number of para-hydroxylation sites is 1. The molecule has 0 fully saturated rings. The Balaban J connectivity index is 2.02. The summed E-state index contributed by atoms with van der Waals surface area (Å²) in [5.41, 5.74) is 2.66. The van der Waals surface area contributed by atoms with Crippen molar-refractivity contribution in [3.8, 4) is 0 Å². The first-order valence-electron chi connectivity index (χ1n) is 5.75. The van der Waals surface area contributed by atoms with Crippen LogP contribution in [-0.4, -0.2) is 23.7 Å². The Hall–Kier alpha value is -1.51. The van der Waals surface area contributed by atoms with Crippen LogP contribution >= 0.6 is 0 Å². The number of carboxylic acid groups (broad SMARTS) is 1. The van der Waals surface area contributed by atoms with Gasteiger partial charge in [-0.15, -0.1) is 0 Å². The van der Waals surface area contributed by atoms with Crippen molar-refractivity contribution in [2.75, 3.05) is 11.4 Å². The zero-order valence-corrected chi connectivity index (χ0v) is 9.52. The summed E-state index contributed by atoms with van der Waals surface area (Å²) in [7, 11) is 0. The van der Waals surface area contributed by atoms with Gasteiger partial charge in [0.25, 0.3) is 0 Å². The van der Waals surface area contributed by atoms with Crippen molar-refractivity contribution >= 4 is 11.7 Å². The molecule has 0 radical (unpaired) electrons. The van der Waals surface area contributed by atoms with Crippen molar-refractivity contribution in [2.45, 2.75) is 32.2 Å². The van der Waals surface area contributed by atoms with Gasteiger partial charge in [0.05, 0.1) is 0 Å². The van der Waals surface area contributed by atoms with Crippen LogP contribution in [0.5, 0.6) is 0 Å². The lowest BCUT2D eigenvalue weighted by atomic mass is 10.1. The van der Waals surface area contributed by atoms with Crippen LogP contribution in [0.25, 0.3) is 0 Å². The number of carboxylic acids is 1. The minimum absolute atomic E-state index is 0.255. The molecule has 1 atom stereocenters. The molecule has 0 spiro atoms. The molecular formula is C13H17NO2. The van der Waals surface area contributed by atoms with E-state index in [0.717, 1.165) is 13.0 Å². The zero-order valence-electron chi connectivity index (χ0n) is 9.52. The van der Waals surface area contributed by atoms with Gasteiger partial charge in [0.15, 0.2) is 0 Å². The van der Waals surface area contributed by atoms with Crippen molar-refractivity contribution < 1.29 is 9.90 Å². The number of hydrogen-bond acceptors (Lipinski definition) is 2. The highest BCUT2D eigenvalue weighted by Gasteiger charge is 2.24. The van der Waals surface area contributed by atoms with Crippen LogP contribution in [-0.2, 0) is 11.2 Å². The predicted molar refractivity (Wildman–Crippen MR) is 63.8 cm³/mol. The number of nitrogens with zero attached hydrogens (tertiary/aromatic N) is 1. The molecule has 0 bridgehead atoms. The quantitative estimate of drug-likeness (QED) is 0.844. The molecular weight excluding hydrogens is 202 g/mol. The lowest BCUT2D eigenvalue weighted by molar-refractivity contribution is -0.137. The summed E-state index contributed by atoms with van der Waals surface area (Å²) in [5, 5.41) is 8.63. The molecule has 3 heteroatoms. The zero-order chi connectivity index (χ0) is 11.5. The summed E-state index contributed by atoms with van der Waals surface area (Å²) in [6.07, 6.45) is 2.04. The van der Waals surface area contributed by atoms with Gasteiger partial charge < -0.3 is 10.0 Å². The lowest BCUT2D eigenvalue weighted by Gasteiger charge is -2.24. The van der Waals surface area contributed by atoms with E-state index < -0.39 is 5.97 Å². The second-order valence-corrected chi connectivity index (χ2v) is 4.37. The molecule has 0 aromatic heterocycles. The van der Waals surface area contributed by atoms with Crippen LogP contribution in [0.4, 0.5) is 5.69 Å². The summed E-state index contributed by atoms with van der Waals surface area (Å²) < 4.78 is 0. The Labute approximate surface area is 95.7 Å². The van der Waals surface area contributed by atoms with Crippen molar-refractivity contribution in [3.63, 3.8) is 0 Å². The fraction of sp³-hybridized carbons (Fsp3) is 0.462. The van der Waals surface area contributed by atoms with Crippen LogP contribution in [0, 0.1) is 0 Å². The van der Waals surface area contributed by atoms with E-state index in [1.807, 2.05) is 6.07 Å². The van der Waals surface area contributed by atoms with Crippen molar-refractivity contribution in [3.05, 3.63) is 29.8 Å². The van der Waals surface area contributed by atoms with Gasteiger partial charge in [0, 0.05) is 24.7 Å². The molecule has 0 amide bonds. The molecule has 0 aliphatic carbocycles. The van der Waals surface area contributed by atoms with E-state index in [0.29, 0.717) is 12.5 Å². The molecule has 16 heavy (non-hydrogen) atoms. The molecule has 1 heterocycles. The first-order chi connectivity index (χ1) is 7.68. The maximum absolute atomic E-state index is 10.5. The number of hydrogen-bond donors (Lipinski definition) is 1. The number of fused-ring (bicyclic) bond motifs is 1. The van der Waals surface area contributed by atoms with Gasteiger partial charge in [-0.3, -0.25) is 4.79 Å². The van der Waals surface area contributed by atoms with Crippen molar-refractivity contribution in [1.29, 1.82) is 0 Å². The highest BCUT2D eigenvalue weighted by atomic mass is 16.4. The number of rotatable bonds is 4. The molecule has 1 N–H and O–H groups in total. The SMILES string of the molecule is CC1Cc2ccccc2N1CCCC(=O)O. The third-order valence-electron chi connectivity index (χ3n) is 3.14. The summed E-state index contributed by atoms with van der Waals surface area (Å²) in [4.78, 5) is 12.8. The number of anilines is 1. The van der Waals surface area contributed by atoms with Crippen LogP contribution < -0.4 is 4.90 Å². The molecule has 1 aromatic rings. The van der Waals surface area contributed by atoms with Gasteiger partial charge >= 0.3 is 5.97 Å². The summed E-state index contributed by atoms with van der Waals surface area (Å²) in [5.74, 6) is -0.708. The first kappa shape index (κ1) is 11.0. The number of benzene rings is 1. The number of carbonyl (C=O) groups is 1. The fourth-order valence-corrected chi connectivity index (χ4v) is 2.37. The second-order valence-electron chi connectivity index (χ2n) is 4.37. The maximum Gasteiger partial charge on any atom is 0.303 e. The third kappa shape index (κ3) is 2.18. The van der Waals surface area contributed by atoms with Gasteiger partial charge in [-0.05, 0) is 31.4 Å². The first-order valence-corrected chi connectivity index (χ1v) is 5.75. The van der Waals surface area contributed by atoms with Crippen molar-refractivity contribution in [1.82, 2.24) is 0 Å². The second kappa shape index (κ2) is 4.56. The Bertz CT molecular complexity index is 389. The minimum Gasteiger partial charge on any atom is -0.481 e. The van der Waals surface area contributed by atoms with E-state index in [2.05, 4.69) is 30.0 Å². The van der Waals surface area contributed by atoms with Gasteiger partial charge in [-0.2, -0.15) is 0 Å². The molecule has 1 aromatic carbocycles. The van der Waals surface area contributed by atoms with E-state index >= 15 is 0 Å². The molecule has 0 saturated heterocycles. The summed E-state index contributed by atoms with van der Waals surface area (Å²) >= 11 is 0. The fourth-order valence-electron chi connectivity index (χ4n) is 2.37. The molecule has 0 saturated carbocycles. The van der Waals surface area contributed by atoms with E-state index in [1.165, 1.54) is 11.3 Å². The normalized spacial score (nSPS) is 18.6. The van der Waals surface area contributed by atoms with Gasteiger partial charge in [0.2, 0.25) is 0 Å².